The first kappa shape index (κ1) is 21.3. The second-order valence-electron chi connectivity index (χ2n) is 8.38. The maximum absolute atomic E-state index is 13.1. The molecule has 31 heavy (non-hydrogen) atoms. The van der Waals surface area contributed by atoms with E-state index in [4.69, 9.17) is 4.74 Å². The number of quaternary nitrogens is 1. The summed E-state index contributed by atoms with van der Waals surface area (Å²) in [5.74, 6) is -1.29. The average molecular weight is 422 g/mol. The van der Waals surface area contributed by atoms with E-state index in [0.29, 0.717) is 25.3 Å². The highest BCUT2D eigenvalue weighted by Crippen LogP contribution is 2.39. The Morgan fingerprint density at radius 2 is 1.58 bits per heavy atom. The molecule has 4 rings (SSSR count). The van der Waals surface area contributed by atoms with Gasteiger partial charge in [0.2, 0.25) is 0 Å². The Hall–Kier alpha value is -2.96. The minimum Gasteiger partial charge on any atom is -0.507 e. The fourth-order valence-corrected chi connectivity index (χ4v) is 4.26. The third-order valence-corrected chi connectivity index (χ3v) is 6.16. The zero-order chi connectivity index (χ0) is 22.0. The Morgan fingerprint density at radius 3 is 2.19 bits per heavy atom. The summed E-state index contributed by atoms with van der Waals surface area (Å²) in [6.45, 7) is 8.35. The predicted octanol–water partition coefficient (Wildman–Crippen LogP) is 1.64. The smallest absolute Gasteiger partial charge is 0.295 e. The second kappa shape index (κ2) is 9.04. The highest BCUT2D eigenvalue weighted by atomic mass is 16.5. The van der Waals surface area contributed by atoms with Gasteiger partial charge in [-0.2, -0.15) is 0 Å². The van der Waals surface area contributed by atoms with Gasteiger partial charge in [0.15, 0.2) is 0 Å². The highest BCUT2D eigenvalue weighted by molar-refractivity contribution is 6.46. The lowest BCUT2D eigenvalue weighted by Gasteiger charge is -2.29. The number of hydrogen-bond donors (Lipinski definition) is 2. The molecule has 0 radical (unpaired) electrons. The van der Waals surface area contributed by atoms with Gasteiger partial charge in [-0.05, 0) is 19.4 Å². The van der Waals surface area contributed by atoms with Gasteiger partial charge in [0, 0.05) is 5.56 Å². The number of morpholine rings is 1. The summed E-state index contributed by atoms with van der Waals surface area (Å²) in [6.07, 6.45) is 0. The van der Waals surface area contributed by atoms with Gasteiger partial charge < -0.3 is 19.6 Å². The van der Waals surface area contributed by atoms with Crippen molar-refractivity contribution in [2.45, 2.75) is 19.9 Å². The van der Waals surface area contributed by atoms with Gasteiger partial charge in [0.05, 0.1) is 37.9 Å². The Bertz CT molecular complexity index is 989. The van der Waals surface area contributed by atoms with Crippen molar-refractivity contribution in [2.75, 3.05) is 39.4 Å². The molecule has 1 unspecified atom stereocenters. The van der Waals surface area contributed by atoms with E-state index in [9.17, 15) is 14.7 Å². The van der Waals surface area contributed by atoms with Crippen LogP contribution in [0.15, 0.2) is 54.1 Å². The van der Waals surface area contributed by atoms with Crippen molar-refractivity contribution in [3.63, 3.8) is 0 Å². The van der Waals surface area contributed by atoms with Crippen LogP contribution in [0, 0.1) is 13.8 Å². The number of Topliss-reactive ketones (excluding diaryl/α,β-unsaturated/α-hetero) is 1. The van der Waals surface area contributed by atoms with E-state index in [1.165, 1.54) is 4.90 Å². The van der Waals surface area contributed by atoms with Crippen LogP contribution in [-0.2, 0) is 14.3 Å². The number of likely N-dealkylation sites (tertiary alicyclic amines) is 1. The van der Waals surface area contributed by atoms with Crippen molar-refractivity contribution in [3.05, 3.63) is 76.4 Å². The molecule has 1 atom stereocenters. The van der Waals surface area contributed by atoms with Gasteiger partial charge in [-0.15, -0.1) is 0 Å². The van der Waals surface area contributed by atoms with Crippen LogP contribution in [0.5, 0.6) is 0 Å². The predicted molar refractivity (Wildman–Crippen MR) is 118 cm³/mol. The van der Waals surface area contributed by atoms with E-state index >= 15 is 0 Å². The third-order valence-electron chi connectivity index (χ3n) is 6.16. The summed E-state index contributed by atoms with van der Waals surface area (Å²) in [5.41, 5.74) is 3.68. The quantitative estimate of drug-likeness (QED) is 0.438. The van der Waals surface area contributed by atoms with E-state index in [2.05, 4.69) is 0 Å². The molecule has 0 spiro atoms. The molecule has 2 fully saturated rings. The summed E-state index contributed by atoms with van der Waals surface area (Å²) in [4.78, 5) is 29.1. The molecule has 0 aliphatic carbocycles. The Kier molecular flexibility index (Phi) is 6.20. The number of aliphatic hydroxyl groups excluding tert-OH is 1. The molecule has 2 aliphatic rings. The lowest BCUT2D eigenvalue weighted by molar-refractivity contribution is -0.907. The fraction of sp³-hybridized carbons (Fsp3) is 0.360. The van der Waals surface area contributed by atoms with E-state index in [1.807, 2.05) is 50.2 Å². The summed E-state index contributed by atoms with van der Waals surface area (Å²) >= 11 is 0. The van der Waals surface area contributed by atoms with E-state index < -0.39 is 17.7 Å². The monoisotopic (exact) mass is 421 g/mol. The topological polar surface area (TPSA) is 71.3 Å². The van der Waals surface area contributed by atoms with Crippen LogP contribution in [0.4, 0.5) is 0 Å². The van der Waals surface area contributed by atoms with Crippen molar-refractivity contribution in [2.24, 2.45) is 0 Å². The van der Waals surface area contributed by atoms with Crippen LogP contribution in [0.1, 0.15) is 28.3 Å². The number of rotatable bonds is 5. The number of ether oxygens (including phenoxy) is 1. The molecule has 0 bridgehead atoms. The number of ketones is 1. The third kappa shape index (κ3) is 4.40. The number of benzene rings is 2. The standard InChI is InChI=1S/C25H28N2O4/c1-17-3-7-19(8-4-17)22-21(23(28)20-9-5-18(2)6-10-20)24(29)25(30)27(22)12-11-26-13-15-31-16-14-26/h3-10,22,28H,11-16H2,1-2H3/p+1. The molecule has 1 amide bonds. The molecule has 0 aromatic heterocycles. The SMILES string of the molecule is Cc1ccc(C(O)=C2C(=O)C(=O)N(CC[NH+]3CCOCC3)C2c2ccc(C)cc2)cc1. The van der Waals surface area contributed by atoms with E-state index in [1.54, 1.807) is 17.0 Å². The van der Waals surface area contributed by atoms with Gasteiger partial charge in [0.25, 0.3) is 11.7 Å². The molecule has 2 aliphatic heterocycles. The molecule has 2 heterocycles. The Morgan fingerprint density at radius 1 is 1.00 bits per heavy atom. The molecule has 2 N–H and O–H groups in total. The normalized spacial score (nSPS) is 21.6. The van der Waals surface area contributed by atoms with Crippen molar-refractivity contribution >= 4 is 17.4 Å². The van der Waals surface area contributed by atoms with Gasteiger partial charge in [-0.25, -0.2) is 0 Å². The molecule has 6 nitrogen and oxygen atoms in total. The van der Waals surface area contributed by atoms with E-state index in [-0.39, 0.29) is 11.3 Å². The summed E-state index contributed by atoms with van der Waals surface area (Å²) in [7, 11) is 0. The number of aliphatic hydroxyl groups is 1. The second-order valence-corrected chi connectivity index (χ2v) is 8.38. The fourth-order valence-electron chi connectivity index (χ4n) is 4.26. The van der Waals surface area contributed by atoms with Gasteiger partial charge in [0.1, 0.15) is 18.8 Å². The number of carbonyl (C=O) groups excluding carboxylic acids is 2. The van der Waals surface area contributed by atoms with Crippen molar-refractivity contribution in [1.29, 1.82) is 0 Å². The first-order chi connectivity index (χ1) is 15.0. The highest BCUT2D eigenvalue weighted by Gasteiger charge is 2.46. The maximum atomic E-state index is 13.1. The minimum atomic E-state index is -0.624. The van der Waals surface area contributed by atoms with E-state index in [0.717, 1.165) is 36.3 Å². The first-order valence-corrected chi connectivity index (χ1v) is 10.8. The maximum Gasteiger partial charge on any atom is 0.295 e. The van der Waals surface area contributed by atoms with Crippen LogP contribution in [0.2, 0.25) is 0 Å². The van der Waals surface area contributed by atoms with Crippen molar-refractivity contribution < 1.29 is 24.3 Å². The zero-order valence-electron chi connectivity index (χ0n) is 18.1. The number of carbonyl (C=O) groups is 2. The van der Waals surface area contributed by atoms with Gasteiger partial charge in [-0.3, -0.25) is 9.59 Å². The number of aryl methyl sites for hydroxylation is 2. The van der Waals surface area contributed by atoms with Gasteiger partial charge >= 0.3 is 0 Å². The van der Waals surface area contributed by atoms with Gasteiger partial charge in [-0.1, -0.05) is 59.7 Å². The van der Waals surface area contributed by atoms with Crippen LogP contribution in [-0.4, -0.2) is 61.1 Å². The van der Waals surface area contributed by atoms with Crippen molar-refractivity contribution in [1.82, 2.24) is 4.90 Å². The zero-order valence-corrected chi connectivity index (χ0v) is 18.1. The molecule has 6 heteroatoms. The van der Waals surface area contributed by atoms with Crippen LogP contribution >= 0.6 is 0 Å². The largest absolute Gasteiger partial charge is 0.507 e. The summed E-state index contributed by atoms with van der Waals surface area (Å²) in [6, 6.07) is 14.5. The first-order valence-electron chi connectivity index (χ1n) is 10.8. The molecular formula is C25H29N2O4+. The van der Waals surface area contributed by atoms with Crippen molar-refractivity contribution in [3.8, 4) is 0 Å². The molecule has 2 saturated heterocycles. The average Bonchev–Trinajstić information content (AvgIpc) is 3.04. The molecule has 0 saturated carbocycles. The number of nitrogens with one attached hydrogen (secondary N) is 1. The number of nitrogens with zero attached hydrogens (tertiary/aromatic N) is 1. The lowest BCUT2D eigenvalue weighted by Crippen LogP contribution is -3.14. The lowest BCUT2D eigenvalue weighted by atomic mass is 9.94. The van der Waals surface area contributed by atoms with Crippen LogP contribution in [0.25, 0.3) is 5.76 Å². The molecular weight excluding hydrogens is 392 g/mol. The molecule has 2 aromatic carbocycles. The minimum absolute atomic E-state index is 0.120. The number of hydrogen-bond acceptors (Lipinski definition) is 4. The van der Waals surface area contributed by atoms with Crippen LogP contribution < -0.4 is 4.90 Å². The summed E-state index contributed by atoms with van der Waals surface area (Å²) in [5, 5.41) is 11.1. The summed E-state index contributed by atoms with van der Waals surface area (Å²) < 4.78 is 5.42. The number of amides is 1. The Balaban J connectivity index is 1.72. The molecule has 162 valence electrons. The molecule has 2 aromatic rings. The Labute approximate surface area is 182 Å². The van der Waals surface area contributed by atoms with Crippen LogP contribution in [0.3, 0.4) is 0 Å².